The summed E-state index contributed by atoms with van der Waals surface area (Å²) in [4.78, 5) is 2.75. The summed E-state index contributed by atoms with van der Waals surface area (Å²) in [5.74, 6) is 1.36. The molecule has 116 valence electrons. The second-order valence-electron chi connectivity index (χ2n) is 6.79. The lowest BCUT2D eigenvalue weighted by molar-refractivity contribution is 0.0843. The van der Waals surface area contributed by atoms with E-state index in [2.05, 4.69) is 66.2 Å². The number of benzene rings is 1. The van der Waals surface area contributed by atoms with Crippen molar-refractivity contribution in [3.8, 4) is 0 Å². The molecular formula is C18H28N2S. The van der Waals surface area contributed by atoms with Crippen LogP contribution in [0.2, 0.25) is 0 Å². The van der Waals surface area contributed by atoms with E-state index in [1.54, 1.807) is 0 Å². The molecule has 0 bridgehead atoms. The Balaban J connectivity index is 1.76. The molecule has 0 spiro atoms. The third-order valence-corrected chi connectivity index (χ3v) is 6.52. The van der Waals surface area contributed by atoms with Gasteiger partial charge in [-0.1, -0.05) is 37.3 Å². The molecule has 0 amide bonds. The van der Waals surface area contributed by atoms with Crippen molar-refractivity contribution in [3.63, 3.8) is 0 Å². The SMILES string of the molecule is CCC1(C)CN(CC2CCCS2)C(c2ccccc2)CN1. The molecule has 0 aromatic heterocycles. The van der Waals surface area contributed by atoms with Gasteiger partial charge in [0.25, 0.3) is 0 Å². The number of rotatable bonds is 4. The Hall–Kier alpha value is -0.510. The first-order valence-electron chi connectivity index (χ1n) is 8.36. The van der Waals surface area contributed by atoms with E-state index in [0.717, 1.165) is 11.8 Å². The minimum atomic E-state index is 0.272. The average Bonchev–Trinajstić information content (AvgIpc) is 3.01. The van der Waals surface area contributed by atoms with Gasteiger partial charge in [-0.25, -0.2) is 0 Å². The van der Waals surface area contributed by atoms with Gasteiger partial charge in [-0.15, -0.1) is 0 Å². The van der Waals surface area contributed by atoms with Crippen molar-refractivity contribution in [2.24, 2.45) is 0 Å². The van der Waals surface area contributed by atoms with Gasteiger partial charge in [0.2, 0.25) is 0 Å². The lowest BCUT2D eigenvalue weighted by atomic mass is 9.91. The van der Waals surface area contributed by atoms with Crippen LogP contribution in [0.3, 0.4) is 0 Å². The van der Waals surface area contributed by atoms with E-state index < -0.39 is 0 Å². The molecule has 1 aromatic rings. The molecule has 3 unspecified atom stereocenters. The monoisotopic (exact) mass is 304 g/mol. The van der Waals surface area contributed by atoms with Crippen molar-refractivity contribution in [2.45, 2.75) is 49.9 Å². The molecule has 3 atom stereocenters. The van der Waals surface area contributed by atoms with Crippen LogP contribution in [0.5, 0.6) is 0 Å². The van der Waals surface area contributed by atoms with Gasteiger partial charge in [-0.05, 0) is 37.5 Å². The van der Waals surface area contributed by atoms with Crippen LogP contribution in [0.15, 0.2) is 30.3 Å². The molecule has 0 aliphatic carbocycles. The van der Waals surface area contributed by atoms with Crippen LogP contribution >= 0.6 is 11.8 Å². The molecule has 2 nitrogen and oxygen atoms in total. The van der Waals surface area contributed by atoms with Gasteiger partial charge in [-0.2, -0.15) is 11.8 Å². The summed E-state index contributed by atoms with van der Waals surface area (Å²) in [5.41, 5.74) is 1.74. The molecule has 21 heavy (non-hydrogen) atoms. The van der Waals surface area contributed by atoms with Crippen molar-refractivity contribution in [1.29, 1.82) is 0 Å². The third-order valence-electron chi connectivity index (χ3n) is 5.14. The van der Waals surface area contributed by atoms with E-state index in [-0.39, 0.29) is 5.54 Å². The lowest BCUT2D eigenvalue weighted by Crippen LogP contribution is -2.60. The summed E-state index contributed by atoms with van der Waals surface area (Å²) in [7, 11) is 0. The highest BCUT2D eigenvalue weighted by molar-refractivity contribution is 8.00. The molecule has 2 fully saturated rings. The number of hydrogen-bond donors (Lipinski definition) is 1. The quantitative estimate of drug-likeness (QED) is 0.913. The second-order valence-corrected chi connectivity index (χ2v) is 8.19. The van der Waals surface area contributed by atoms with Crippen LogP contribution in [0, 0.1) is 0 Å². The summed E-state index contributed by atoms with van der Waals surface area (Å²) in [5, 5.41) is 4.64. The van der Waals surface area contributed by atoms with E-state index in [1.165, 1.54) is 43.7 Å². The van der Waals surface area contributed by atoms with Crippen LogP contribution < -0.4 is 5.32 Å². The van der Waals surface area contributed by atoms with Crippen LogP contribution in [-0.2, 0) is 0 Å². The standard InChI is InChI=1S/C18H28N2S/c1-3-18(2)14-20(13-16-10-7-11-21-16)17(12-19-18)15-8-5-4-6-9-15/h4-6,8-9,16-17,19H,3,7,10-14H2,1-2H3. The first kappa shape index (κ1) is 15.4. The topological polar surface area (TPSA) is 15.3 Å². The number of thioether (sulfide) groups is 1. The maximum absolute atomic E-state index is 3.80. The van der Waals surface area contributed by atoms with Crippen molar-refractivity contribution in [1.82, 2.24) is 10.2 Å². The van der Waals surface area contributed by atoms with Crippen molar-refractivity contribution in [2.75, 3.05) is 25.4 Å². The molecule has 2 heterocycles. The second kappa shape index (κ2) is 6.72. The minimum Gasteiger partial charge on any atom is -0.308 e. The van der Waals surface area contributed by atoms with Gasteiger partial charge in [-0.3, -0.25) is 4.90 Å². The number of nitrogens with zero attached hydrogens (tertiary/aromatic N) is 1. The summed E-state index contributed by atoms with van der Waals surface area (Å²) >= 11 is 2.18. The fraction of sp³-hybridized carbons (Fsp3) is 0.667. The molecule has 0 radical (unpaired) electrons. The molecule has 1 aromatic carbocycles. The maximum atomic E-state index is 3.80. The van der Waals surface area contributed by atoms with Gasteiger partial charge in [0.15, 0.2) is 0 Å². The van der Waals surface area contributed by atoms with E-state index in [9.17, 15) is 0 Å². The predicted octanol–water partition coefficient (Wildman–Crippen LogP) is 3.70. The Morgan fingerprint density at radius 3 is 2.81 bits per heavy atom. The Labute approximate surface area is 133 Å². The van der Waals surface area contributed by atoms with Crippen molar-refractivity contribution >= 4 is 11.8 Å². The number of hydrogen-bond acceptors (Lipinski definition) is 3. The van der Waals surface area contributed by atoms with E-state index in [1.807, 2.05) is 0 Å². The molecular weight excluding hydrogens is 276 g/mol. The summed E-state index contributed by atoms with van der Waals surface area (Å²) < 4.78 is 0. The van der Waals surface area contributed by atoms with E-state index in [4.69, 9.17) is 0 Å². The van der Waals surface area contributed by atoms with Crippen LogP contribution in [0.25, 0.3) is 0 Å². The summed E-state index contributed by atoms with van der Waals surface area (Å²) in [6.45, 7) is 8.18. The zero-order valence-corrected chi connectivity index (χ0v) is 14.2. The van der Waals surface area contributed by atoms with Gasteiger partial charge >= 0.3 is 0 Å². The Morgan fingerprint density at radius 1 is 1.33 bits per heavy atom. The third kappa shape index (κ3) is 3.64. The fourth-order valence-corrected chi connectivity index (χ4v) is 4.87. The summed E-state index contributed by atoms with van der Waals surface area (Å²) in [6.07, 6.45) is 4.00. The highest BCUT2D eigenvalue weighted by Gasteiger charge is 2.36. The smallest absolute Gasteiger partial charge is 0.0474 e. The number of nitrogens with one attached hydrogen (secondary N) is 1. The lowest BCUT2D eigenvalue weighted by Gasteiger charge is -2.47. The Kier molecular flexibility index (Phi) is 4.92. The van der Waals surface area contributed by atoms with Crippen LogP contribution in [-0.4, -0.2) is 41.1 Å². The molecule has 0 saturated carbocycles. The molecule has 1 N–H and O–H groups in total. The fourth-order valence-electron chi connectivity index (χ4n) is 3.57. The first-order chi connectivity index (χ1) is 10.2. The Morgan fingerprint density at radius 2 is 2.14 bits per heavy atom. The van der Waals surface area contributed by atoms with Gasteiger partial charge < -0.3 is 5.32 Å². The molecule has 2 aliphatic heterocycles. The van der Waals surface area contributed by atoms with Crippen molar-refractivity contribution in [3.05, 3.63) is 35.9 Å². The zero-order valence-electron chi connectivity index (χ0n) is 13.3. The average molecular weight is 305 g/mol. The largest absolute Gasteiger partial charge is 0.308 e. The van der Waals surface area contributed by atoms with E-state index in [0.29, 0.717) is 6.04 Å². The maximum Gasteiger partial charge on any atom is 0.0474 e. The van der Waals surface area contributed by atoms with Crippen molar-refractivity contribution < 1.29 is 0 Å². The minimum absolute atomic E-state index is 0.272. The molecule has 2 aliphatic rings. The van der Waals surface area contributed by atoms with Gasteiger partial charge in [0, 0.05) is 36.5 Å². The molecule has 3 heteroatoms. The first-order valence-corrected chi connectivity index (χ1v) is 9.41. The van der Waals surface area contributed by atoms with Gasteiger partial charge in [0.1, 0.15) is 0 Å². The molecule has 2 saturated heterocycles. The van der Waals surface area contributed by atoms with Crippen LogP contribution in [0.4, 0.5) is 0 Å². The van der Waals surface area contributed by atoms with Gasteiger partial charge in [0.05, 0.1) is 0 Å². The van der Waals surface area contributed by atoms with E-state index >= 15 is 0 Å². The Bertz CT molecular complexity index is 444. The summed E-state index contributed by atoms with van der Waals surface area (Å²) in [6, 6.07) is 11.6. The normalized spacial score (nSPS) is 34.2. The highest BCUT2D eigenvalue weighted by atomic mass is 32.2. The molecule has 3 rings (SSSR count). The predicted molar refractivity (Wildman–Crippen MR) is 92.9 cm³/mol. The highest BCUT2D eigenvalue weighted by Crippen LogP contribution is 2.33. The zero-order chi connectivity index (χ0) is 14.7. The van der Waals surface area contributed by atoms with Crippen LogP contribution in [0.1, 0.15) is 44.7 Å². The number of piperazine rings is 1.